The van der Waals surface area contributed by atoms with Crippen molar-refractivity contribution in [1.29, 1.82) is 0 Å². The van der Waals surface area contributed by atoms with E-state index < -0.39 is 18.5 Å². The largest absolute Gasteiger partial charge is 0.385 e. The number of aliphatic hydroxyl groups is 1. The second-order valence-electron chi connectivity index (χ2n) is 8.69. The van der Waals surface area contributed by atoms with Gasteiger partial charge in [-0.05, 0) is 35.0 Å². The van der Waals surface area contributed by atoms with Crippen molar-refractivity contribution in [2.24, 2.45) is 0 Å². The number of hydrogen-bond donors (Lipinski definition) is 1. The number of ether oxygens (including phenoxy) is 3. The normalized spacial score (nSPS) is 22.1. The van der Waals surface area contributed by atoms with Gasteiger partial charge >= 0.3 is 0 Å². The van der Waals surface area contributed by atoms with E-state index in [9.17, 15) is 5.11 Å². The molecule has 178 valence electrons. The van der Waals surface area contributed by atoms with Gasteiger partial charge in [0.25, 0.3) is 0 Å². The van der Waals surface area contributed by atoms with Crippen LogP contribution < -0.4 is 0 Å². The molecule has 4 unspecified atom stereocenters. The van der Waals surface area contributed by atoms with Gasteiger partial charge < -0.3 is 19.3 Å². The predicted molar refractivity (Wildman–Crippen MR) is 134 cm³/mol. The first-order valence-electron chi connectivity index (χ1n) is 11.9. The van der Waals surface area contributed by atoms with Gasteiger partial charge in [0.2, 0.25) is 0 Å². The lowest BCUT2D eigenvalue weighted by Crippen LogP contribution is -2.40. The number of hydrogen-bond acceptors (Lipinski definition) is 5. The third-order valence-electron chi connectivity index (χ3n) is 5.96. The smallest absolute Gasteiger partial charge is 0.187 e. The van der Waals surface area contributed by atoms with Crippen LogP contribution in [-0.2, 0) is 27.4 Å². The molecule has 1 aliphatic heterocycles. The van der Waals surface area contributed by atoms with Crippen LogP contribution in [0.1, 0.15) is 24.5 Å². The Morgan fingerprint density at radius 3 is 2.47 bits per heavy atom. The molecule has 0 saturated carbocycles. The summed E-state index contributed by atoms with van der Waals surface area (Å²) in [4.78, 5) is 2.18. The summed E-state index contributed by atoms with van der Waals surface area (Å²) >= 11 is 0. The summed E-state index contributed by atoms with van der Waals surface area (Å²) in [5.41, 5.74) is 2.28. The summed E-state index contributed by atoms with van der Waals surface area (Å²) in [7, 11) is 2.05. The van der Waals surface area contributed by atoms with Crippen molar-refractivity contribution in [3.63, 3.8) is 0 Å². The van der Waals surface area contributed by atoms with Gasteiger partial charge in [0.1, 0.15) is 24.9 Å². The molecule has 1 N–H and O–H groups in total. The van der Waals surface area contributed by atoms with Crippen molar-refractivity contribution in [2.45, 2.75) is 51.1 Å². The summed E-state index contributed by atoms with van der Waals surface area (Å²) in [6.45, 7) is 3.98. The summed E-state index contributed by atoms with van der Waals surface area (Å²) < 4.78 is 18.1. The first-order chi connectivity index (χ1) is 16.6. The van der Waals surface area contributed by atoms with Gasteiger partial charge in [-0.1, -0.05) is 79.6 Å². The number of aliphatic hydroxyl groups excluding tert-OH is 1. The molecular weight excluding hydrogens is 426 g/mol. The standard InChI is InChI=1S/C29H33NO4/c1-3-4-10-17-32-29-27(31)28(26(34-29)20-30(2)19-22-11-6-5-7-12-22)33-21-23-15-16-24-13-8-9-14-25(24)18-23/h5-9,11-16,18,26-29,31H,3,17,19-21H2,1-2H3. The molecule has 0 aromatic heterocycles. The number of rotatable bonds is 9. The zero-order valence-electron chi connectivity index (χ0n) is 19.9. The van der Waals surface area contributed by atoms with Crippen molar-refractivity contribution in [1.82, 2.24) is 4.90 Å². The maximum Gasteiger partial charge on any atom is 0.187 e. The first-order valence-corrected chi connectivity index (χ1v) is 11.9. The highest BCUT2D eigenvalue weighted by molar-refractivity contribution is 5.82. The van der Waals surface area contributed by atoms with Crippen LogP contribution in [0.2, 0.25) is 0 Å². The minimum absolute atomic E-state index is 0.222. The van der Waals surface area contributed by atoms with E-state index in [-0.39, 0.29) is 12.7 Å². The van der Waals surface area contributed by atoms with Gasteiger partial charge in [-0.2, -0.15) is 0 Å². The van der Waals surface area contributed by atoms with Crippen LogP contribution in [0.4, 0.5) is 0 Å². The highest BCUT2D eigenvalue weighted by atomic mass is 16.7. The predicted octanol–water partition coefficient (Wildman–Crippen LogP) is 4.37. The zero-order valence-corrected chi connectivity index (χ0v) is 19.9. The van der Waals surface area contributed by atoms with Crippen LogP contribution in [-0.4, -0.2) is 54.8 Å². The van der Waals surface area contributed by atoms with E-state index in [1.54, 1.807) is 0 Å². The van der Waals surface area contributed by atoms with Gasteiger partial charge in [0.15, 0.2) is 6.29 Å². The van der Waals surface area contributed by atoms with Crippen LogP contribution in [0.5, 0.6) is 0 Å². The monoisotopic (exact) mass is 459 g/mol. The Hall–Kier alpha value is -2.72. The van der Waals surface area contributed by atoms with Crippen LogP contribution in [0.3, 0.4) is 0 Å². The van der Waals surface area contributed by atoms with E-state index >= 15 is 0 Å². The van der Waals surface area contributed by atoms with E-state index in [2.05, 4.69) is 59.2 Å². The molecular formula is C29H33NO4. The van der Waals surface area contributed by atoms with Crippen LogP contribution in [0.15, 0.2) is 72.8 Å². The Bertz CT molecular complexity index is 1110. The van der Waals surface area contributed by atoms with E-state index in [0.717, 1.165) is 18.5 Å². The molecule has 1 saturated heterocycles. The Kier molecular flexibility index (Phi) is 8.70. The van der Waals surface area contributed by atoms with E-state index in [1.807, 2.05) is 44.3 Å². The minimum atomic E-state index is -0.890. The topological polar surface area (TPSA) is 51.2 Å². The number of fused-ring (bicyclic) bond motifs is 1. The molecule has 4 atom stereocenters. The van der Waals surface area contributed by atoms with E-state index in [1.165, 1.54) is 16.3 Å². The van der Waals surface area contributed by atoms with Crippen LogP contribution in [0.25, 0.3) is 10.8 Å². The van der Waals surface area contributed by atoms with Crippen molar-refractivity contribution in [2.75, 3.05) is 20.2 Å². The SMILES string of the molecule is CCC#CCOC1OC(CN(C)Cc2ccccc2)C(OCc2ccc3ccccc3c2)C1O. The van der Waals surface area contributed by atoms with Gasteiger partial charge in [-0.3, -0.25) is 4.90 Å². The molecule has 0 spiro atoms. The lowest BCUT2D eigenvalue weighted by molar-refractivity contribution is -0.159. The third-order valence-corrected chi connectivity index (χ3v) is 5.96. The molecule has 0 amide bonds. The molecule has 1 heterocycles. The summed E-state index contributed by atoms with van der Waals surface area (Å²) in [6, 6.07) is 24.8. The van der Waals surface area contributed by atoms with Crippen molar-refractivity contribution >= 4 is 10.8 Å². The molecule has 0 radical (unpaired) electrons. The highest BCUT2D eigenvalue weighted by Gasteiger charge is 2.45. The van der Waals surface area contributed by atoms with Gasteiger partial charge in [0, 0.05) is 19.5 Å². The molecule has 5 nitrogen and oxygen atoms in total. The molecule has 3 aromatic carbocycles. The summed E-state index contributed by atoms with van der Waals surface area (Å²) in [5, 5.41) is 13.3. The quantitative estimate of drug-likeness (QED) is 0.482. The molecule has 0 aliphatic carbocycles. The summed E-state index contributed by atoms with van der Waals surface area (Å²) in [5.74, 6) is 5.92. The van der Waals surface area contributed by atoms with Crippen LogP contribution in [0, 0.1) is 11.8 Å². The van der Waals surface area contributed by atoms with Crippen molar-refractivity contribution in [3.05, 3.63) is 83.9 Å². The first kappa shape index (κ1) is 24.4. The van der Waals surface area contributed by atoms with Gasteiger partial charge in [-0.15, -0.1) is 5.92 Å². The zero-order chi connectivity index (χ0) is 23.8. The van der Waals surface area contributed by atoms with Crippen LogP contribution >= 0.6 is 0 Å². The van der Waals surface area contributed by atoms with Crippen molar-refractivity contribution in [3.8, 4) is 11.8 Å². The van der Waals surface area contributed by atoms with E-state index in [0.29, 0.717) is 13.2 Å². The fourth-order valence-electron chi connectivity index (χ4n) is 4.28. The second-order valence-corrected chi connectivity index (χ2v) is 8.69. The molecule has 3 aromatic rings. The molecule has 0 bridgehead atoms. The van der Waals surface area contributed by atoms with E-state index in [4.69, 9.17) is 14.2 Å². The van der Waals surface area contributed by atoms with Gasteiger partial charge in [0.05, 0.1) is 6.61 Å². The maximum atomic E-state index is 11.0. The number of likely N-dealkylation sites (N-methyl/N-ethyl adjacent to an activating group) is 1. The molecule has 4 rings (SSSR count). The fourth-order valence-corrected chi connectivity index (χ4v) is 4.28. The average Bonchev–Trinajstić information content (AvgIpc) is 3.14. The molecule has 34 heavy (non-hydrogen) atoms. The summed E-state index contributed by atoms with van der Waals surface area (Å²) in [6.07, 6.45) is -1.72. The molecule has 5 heteroatoms. The molecule has 1 aliphatic rings. The Balaban J connectivity index is 1.43. The third kappa shape index (κ3) is 6.44. The highest BCUT2D eigenvalue weighted by Crippen LogP contribution is 2.27. The average molecular weight is 460 g/mol. The second kappa shape index (κ2) is 12.1. The lowest BCUT2D eigenvalue weighted by Gasteiger charge is -2.25. The number of nitrogens with zero attached hydrogens (tertiary/aromatic N) is 1. The Morgan fingerprint density at radius 2 is 1.68 bits per heavy atom. The van der Waals surface area contributed by atoms with Gasteiger partial charge in [-0.25, -0.2) is 0 Å². The maximum absolute atomic E-state index is 11.0. The fraction of sp³-hybridized carbons (Fsp3) is 0.379. The molecule has 1 fully saturated rings. The Labute approximate surface area is 202 Å². The number of benzene rings is 3. The Morgan fingerprint density at radius 1 is 0.912 bits per heavy atom. The van der Waals surface area contributed by atoms with Crippen molar-refractivity contribution < 1.29 is 19.3 Å². The minimum Gasteiger partial charge on any atom is -0.385 e. The lowest BCUT2D eigenvalue weighted by atomic mass is 10.1.